The van der Waals surface area contributed by atoms with Crippen LogP contribution in [-0.4, -0.2) is 6.54 Å². The second-order valence-electron chi connectivity index (χ2n) is 3.52. The third kappa shape index (κ3) is 2.69. The summed E-state index contributed by atoms with van der Waals surface area (Å²) in [7, 11) is 0. The molecule has 1 N–H and O–H groups in total. The molecule has 1 aromatic heterocycles. The lowest BCUT2D eigenvalue weighted by molar-refractivity contribution is 0.567. The molecule has 78 valence electrons. The first kappa shape index (κ1) is 11.5. The molecule has 14 heavy (non-hydrogen) atoms. The summed E-state index contributed by atoms with van der Waals surface area (Å²) in [4.78, 5) is 2.86. The molecule has 0 saturated carbocycles. The van der Waals surface area contributed by atoms with Crippen LogP contribution in [0.3, 0.4) is 0 Å². The van der Waals surface area contributed by atoms with Gasteiger partial charge < -0.3 is 5.32 Å². The number of hydrogen-bond donors (Lipinski definition) is 1. The molecule has 1 aromatic rings. The Labute approximate surface area is 90.9 Å². The van der Waals surface area contributed by atoms with Crippen LogP contribution in [0.25, 0.3) is 0 Å². The van der Waals surface area contributed by atoms with Crippen LogP contribution in [0.4, 0.5) is 0 Å². The van der Waals surface area contributed by atoms with Crippen molar-refractivity contribution in [3.63, 3.8) is 0 Å². The van der Waals surface area contributed by atoms with Gasteiger partial charge in [-0.2, -0.15) is 0 Å². The van der Waals surface area contributed by atoms with E-state index in [9.17, 15) is 0 Å². The van der Waals surface area contributed by atoms with Crippen molar-refractivity contribution < 1.29 is 0 Å². The van der Waals surface area contributed by atoms with Crippen molar-refractivity contribution in [3.05, 3.63) is 34.0 Å². The molecule has 1 rings (SSSR count). The van der Waals surface area contributed by atoms with Crippen molar-refractivity contribution in [1.82, 2.24) is 5.32 Å². The number of aryl methyl sites for hydroxylation is 2. The maximum absolute atomic E-state index is 3.80. The minimum Gasteiger partial charge on any atom is -0.309 e. The van der Waals surface area contributed by atoms with Gasteiger partial charge in [0.15, 0.2) is 0 Å². The molecule has 2 heteroatoms. The highest BCUT2D eigenvalue weighted by Crippen LogP contribution is 2.28. The van der Waals surface area contributed by atoms with Gasteiger partial charge in [-0.15, -0.1) is 17.9 Å². The van der Waals surface area contributed by atoms with E-state index in [-0.39, 0.29) is 0 Å². The summed E-state index contributed by atoms with van der Waals surface area (Å²) in [6, 6.07) is 2.74. The van der Waals surface area contributed by atoms with Gasteiger partial charge in [0, 0.05) is 15.8 Å². The Bertz CT molecular complexity index is 282. The summed E-state index contributed by atoms with van der Waals surface area (Å²) in [6.07, 6.45) is 2.99. The van der Waals surface area contributed by atoms with E-state index in [1.807, 2.05) is 17.4 Å². The molecule has 0 spiro atoms. The van der Waals surface area contributed by atoms with Gasteiger partial charge in [-0.3, -0.25) is 0 Å². The predicted molar refractivity (Wildman–Crippen MR) is 65.0 cm³/mol. The molecule has 1 heterocycles. The molecule has 0 fully saturated rings. The molecule has 1 unspecified atom stereocenters. The molecular formula is C12H19NS. The molecule has 0 saturated heterocycles. The quantitative estimate of drug-likeness (QED) is 0.731. The maximum Gasteiger partial charge on any atom is 0.0449 e. The van der Waals surface area contributed by atoms with Gasteiger partial charge in [0.05, 0.1) is 0 Å². The summed E-state index contributed by atoms with van der Waals surface area (Å²) in [5.41, 5.74) is 1.40. The highest BCUT2D eigenvalue weighted by atomic mass is 32.1. The average Bonchev–Trinajstić information content (AvgIpc) is 2.47. The Morgan fingerprint density at radius 2 is 2.29 bits per heavy atom. The van der Waals surface area contributed by atoms with E-state index in [2.05, 4.69) is 38.7 Å². The Kier molecular flexibility index (Phi) is 4.36. The molecule has 0 bridgehead atoms. The van der Waals surface area contributed by atoms with Crippen molar-refractivity contribution in [2.24, 2.45) is 0 Å². The van der Waals surface area contributed by atoms with Gasteiger partial charge >= 0.3 is 0 Å². The van der Waals surface area contributed by atoms with E-state index in [1.54, 1.807) is 0 Å². The predicted octanol–water partition coefficient (Wildman–Crippen LogP) is 3.59. The van der Waals surface area contributed by atoms with Crippen LogP contribution < -0.4 is 5.32 Å². The van der Waals surface area contributed by atoms with Crippen molar-refractivity contribution in [1.29, 1.82) is 0 Å². The van der Waals surface area contributed by atoms with Gasteiger partial charge in [-0.05, 0) is 38.4 Å². The molecule has 0 aromatic carbocycles. The monoisotopic (exact) mass is 209 g/mol. The van der Waals surface area contributed by atoms with Crippen molar-refractivity contribution in [2.75, 3.05) is 6.54 Å². The lowest BCUT2D eigenvalue weighted by Gasteiger charge is -2.13. The maximum atomic E-state index is 3.80. The molecule has 0 aliphatic heterocycles. The van der Waals surface area contributed by atoms with Crippen LogP contribution in [0.5, 0.6) is 0 Å². The van der Waals surface area contributed by atoms with Crippen LogP contribution in [-0.2, 0) is 0 Å². The Morgan fingerprint density at radius 1 is 1.57 bits per heavy atom. The van der Waals surface area contributed by atoms with E-state index < -0.39 is 0 Å². The van der Waals surface area contributed by atoms with Crippen molar-refractivity contribution >= 4 is 11.3 Å². The topological polar surface area (TPSA) is 12.0 Å². The fraction of sp³-hybridized carbons (Fsp3) is 0.500. The summed E-state index contributed by atoms with van der Waals surface area (Å²) < 4.78 is 0. The lowest BCUT2D eigenvalue weighted by atomic mass is 10.1. The van der Waals surface area contributed by atoms with Gasteiger partial charge in [0.1, 0.15) is 0 Å². The number of rotatable bonds is 5. The summed E-state index contributed by atoms with van der Waals surface area (Å²) in [5, 5.41) is 3.48. The van der Waals surface area contributed by atoms with Crippen LogP contribution >= 0.6 is 11.3 Å². The normalized spacial score (nSPS) is 12.8. The first-order valence-corrected chi connectivity index (χ1v) is 5.91. The molecule has 0 aliphatic rings. The van der Waals surface area contributed by atoms with Crippen LogP contribution in [0.2, 0.25) is 0 Å². The average molecular weight is 209 g/mol. The number of hydrogen-bond acceptors (Lipinski definition) is 2. The zero-order chi connectivity index (χ0) is 10.6. The lowest BCUT2D eigenvalue weighted by Crippen LogP contribution is -2.19. The van der Waals surface area contributed by atoms with Gasteiger partial charge in [-0.25, -0.2) is 0 Å². The molecule has 0 amide bonds. The molecule has 0 aliphatic carbocycles. The largest absolute Gasteiger partial charge is 0.309 e. The van der Waals surface area contributed by atoms with Crippen LogP contribution in [0.1, 0.15) is 34.7 Å². The summed E-state index contributed by atoms with van der Waals surface area (Å²) >= 11 is 1.89. The second kappa shape index (κ2) is 5.32. The van der Waals surface area contributed by atoms with E-state index in [0.29, 0.717) is 6.04 Å². The molecule has 1 nitrogen and oxygen atoms in total. The van der Waals surface area contributed by atoms with E-state index in [1.165, 1.54) is 15.3 Å². The van der Waals surface area contributed by atoms with E-state index in [0.717, 1.165) is 13.0 Å². The minimum atomic E-state index is 0.454. The molecule has 0 radical (unpaired) electrons. The minimum absolute atomic E-state index is 0.454. The third-order valence-corrected chi connectivity index (χ3v) is 3.65. The highest BCUT2D eigenvalue weighted by Gasteiger charge is 2.11. The standard InChI is InChI=1S/C12H19NS/c1-5-7-11(13-6-2)12-8-9(3)10(4)14-12/h5,8,11,13H,1,6-7H2,2-4H3. The Hall–Kier alpha value is -0.600. The van der Waals surface area contributed by atoms with Gasteiger partial charge in [-0.1, -0.05) is 13.0 Å². The smallest absolute Gasteiger partial charge is 0.0449 e. The summed E-state index contributed by atoms with van der Waals surface area (Å²) in [5.74, 6) is 0. The zero-order valence-corrected chi connectivity index (χ0v) is 10.1. The van der Waals surface area contributed by atoms with Crippen molar-refractivity contribution in [2.45, 2.75) is 33.2 Å². The number of thiophene rings is 1. The van der Waals surface area contributed by atoms with Gasteiger partial charge in [0.25, 0.3) is 0 Å². The van der Waals surface area contributed by atoms with Crippen molar-refractivity contribution in [3.8, 4) is 0 Å². The van der Waals surface area contributed by atoms with E-state index >= 15 is 0 Å². The summed E-state index contributed by atoms with van der Waals surface area (Å²) in [6.45, 7) is 11.3. The third-order valence-electron chi connectivity index (χ3n) is 2.38. The molecular weight excluding hydrogens is 190 g/mol. The SMILES string of the molecule is C=CCC(NCC)c1cc(C)c(C)s1. The first-order chi connectivity index (χ1) is 6.69. The highest BCUT2D eigenvalue weighted by molar-refractivity contribution is 7.12. The van der Waals surface area contributed by atoms with E-state index in [4.69, 9.17) is 0 Å². The van der Waals surface area contributed by atoms with Gasteiger partial charge in [0.2, 0.25) is 0 Å². The Balaban J connectivity index is 2.81. The molecule has 1 atom stereocenters. The number of nitrogens with one attached hydrogen (secondary N) is 1. The van der Waals surface area contributed by atoms with Crippen LogP contribution in [0.15, 0.2) is 18.7 Å². The fourth-order valence-corrected chi connectivity index (χ4v) is 2.62. The first-order valence-electron chi connectivity index (χ1n) is 5.10. The fourth-order valence-electron chi connectivity index (χ4n) is 1.49. The Morgan fingerprint density at radius 3 is 2.71 bits per heavy atom. The van der Waals surface area contributed by atoms with Crippen LogP contribution in [0, 0.1) is 13.8 Å². The zero-order valence-electron chi connectivity index (χ0n) is 9.26. The second-order valence-corrected chi connectivity index (χ2v) is 4.81.